The highest BCUT2D eigenvalue weighted by atomic mass is 79.9. The van der Waals surface area contributed by atoms with E-state index in [2.05, 4.69) is 59.4 Å². The van der Waals surface area contributed by atoms with Crippen molar-refractivity contribution < 1.29 is 9.59 Å². The van der Waals surface area contributed by atoms with Crippen molar-refractivity contribution in [1.29, 1.82) is 0 Å². The second-order valence-electron chi connectivity index (χ2n) is 10.1. The number of hydrogen-bond donors (Lipinski definition) is 1. The molecule has 0 heterocycles. The van der Waals surface area contributed by atoms with Crippen LogP contribution in [-0.2, 0) is 29.0 Å². The van der Waals surface area contributed by atoms with Crippen LogP contribution >= 0.6 is 15.9 Å². The third kappa shape index (κ3) is 7.55. The SMILES string of the molecule is CC(C)CNC(=O)[C@@H](Cc1ccccc1)N(Cc1ccc(Br)cc1)C(=O)CCc1cccc2ccccc12. The molecule has 0 saturated carbocycles. The lowest BCUT2D eigenvalue weighted by Gasteiger charge is -2.32. The standard InChI is InChI=1S/C33H35BrN2O2/c1-24(2)22-35-33(38)31(21-25-9-4-3-5-10-25)36(23-26-15-18-29(34)19-16-26)32(37)20-17-28-13-8-12-27-11-6-7-14-30(27)28/h3-16,18-19,24,31H,17,20-23H2,1-2H3,(H,35,38)/t31-/m1/s1. The Bertz CT molecular complexity index is 1350. The van der Waals surface area contributed by atoms with Gasteiger partial charge in [0.25, 0.3) is 0 Å². The lowest BCUT2D eigenvalue weighted by Crippen LogP contribution is -2.51. The highest BCUT2D eigenvalue weighted by Crippen LogP contribution is 2.22. The lowest BCUT2D eigenvalue weighted by atomic mass is 9.99. The molecule has 0 radical (unpaired) electrons. The Morgan fingerprint density at radius 1 is 0.816 bits per heavy atom. The molecule has 0 unspecified atom stereocenters. The van der Waals surface area contributed by atoms with E-state index in [1.165, 1.54) is 5.39 Å². The summed E-state index contributed by atoms with van der Waals surface area (Å²) in [6.07, 6.45) is 1.40. The molecule has 4 aromatic rings. The smallest absolute Gasteiger partial charge is 0.243 e. The quantitative estimate of drug-likeness (QED) is 0.212. The van der Waals surface area contributed by atoms with Crippen LogP contribution in [0.5, 0.6) is 0 Å². The number of carbonyl (C=O) groups is 2. The fourth-order valence-electron chi connectivity index (χ4n) is 4.66. The molecular weight excluding hydrogens is 536 g/mol. The highest BCUT2D eigenvalue weighted by Gasteiger charge is 2.30. The summed E-state index contributed by atoms with van der Waals surface area (Å²) >= 11 is 3.50. The van der Waals surface area contributed by atoms with Crippen LogP contribution in [0.25, 0.3) is 10.8 Å². The minimum atomic E-state index is -0.611. The summed E-state index contributed by atoms with van der Waals surface area (Å²) in [5.74, 6) is 0.179. The molecule has 4 rings (SSSR count). The Labute approximate surface area is 234 Å². The van der Waals surface area contributed by atoms with E-state index in [-0.39, 0.29) is 11.8 Å². The summed E-state index contributed by atoms with van der Waals surface area (Å²) < 4.78 is 0.977. The number of nitrogens with zero attached hydrogens (tertiary/aromatic N) is 1. The number of nitrogens with one attached hydrogen (secondary N) is 1. The van der Waals surface area contributed by atoms with E-state index in [0.717, 1.165) is 26.5 Å². The van der Waals surface area contributed by atoms with E-state index >= 15 is 0 Å². The summed E-state index contributed by atoms with van der Waals surface area (Å²) in [6, 6.07) is 31.7. The number of carbonyl (C=O) groups excluding carboxylic acids is 2. The summed E-state index contributed by atoms with van der Waals surface area (Å²) in [6.45, 7) is 5.08. The number of aryl methyl sites for hydroxylation is 1. The number of halogens is 1. The lowest BCUT2D eigenvalue weighted by molar-refractivity contribution is -0.141. The number of benzene rings is 4. The zero-order chi connectivity index (χ0) is 26.9. The van der Waals surface area contributed by atoms with E-state index in [4.69, 9.17) is 0 Å². The van der Waals surface area contributed by atoms with Crippen molar-refractivity contribution in [3.05, 3.63) is 118 Å². The Balaban J connectivity index is 1.63. The molecule has 0 aliphatic carbocycles. The van der Waals surface area contributed by atoms with Gasteiger partial charge in [-0.3, -0.25) is 9.59 Å². The van der Waals surface area contributed by atoms with Gasteiger partial charge < -0.3 is 10.2 Å². The van der Waals surface area contributed by atoms with Crippen molar-refractivity contribution in [2.45, 2.75) is 45.7 Å². The Morgan fingerprint density at radius 3 is 2.24 bits per heavy atom. The first kappa shape index (κ1) is 27.6. The Hall–Kier alpha value is -3.44. The third-order valence-corrected chi connectivity index (χ3v) is 7.24. The second-order valence-corrected chi connectivity index (χ2v) is 11.0. The highest BCUT2D eigenvalue weighted by molar-refractivity contribution is 9.10. The van der Waals surface area contributed by atoms with Gasteiger partial charge in [-0.25, -0.2) is 0 Å². The van der Waals surface area contributed by atoms with Crippen LogP contribution in [0.2, 0.25) is 0 Å². The fraction of sp³-hybridized carbons (Fsp3) is 0.273. The molecule has 0 aliphatic rings. The molecule has 0 saturated heterocycles. The molecule has 1 atom stereocenters. The molecular formula is C33H35BrN2O2. The first-order chi connectivity index (χ1) is 18.4. The van der Waals surface area contributed by atoms with Crippen molar-refractivity contribution >= 4 is 38.5 Å². The minimum absolute atomic E-state index is 0.0264. The molecule has 5 heteroatoms. The van der Waals surface area contributed by atoms with Gasteiger partial charge in [0.15, 0.2) is 0 Å². The van der Waals surface area contributed by atoms with Crippen LogP contribution in [0.15, 0.2) is 102 Å². The van der Waals surface area contributed by atoms with Gasteiger partial charge >= 0.3 is 0 Å². The average Bonchev–Trinajstić information content (AvgIpc) is 2.93. The first-order valence-corrected chi connectivity index (χ1v) is 14.0. The van der Waals surface area contributed by atoms with Crippen LogP contribution in [-0.4, -0.2) is 29.3 Å². The normalized spacial score (nSPS) is 11.9. The molecule has 38 heavy (non-hydrogen) atoms. The largest absolute Gasteiger partial charge is 0.354 e. The van der Waals surface area contributed by atoms with E-state index in [9.17, 15) is 9.59 Å². The van der Waals surface area contributed by atoms with Crippen molar-refractivity contribution in [3.8, 4) is 0 Å². The van der Waals surface area contributed by atoms with Gasteiger partial charge in [0.2, 0.25) is 11.8 Å². The number of fused-ring (bicyclic) bond motifs is 1. The van der Waals surface area contributed by atoms with Gasteiger partial charge in [0, 0.05) is 30.4 Å². The molecule has 0 spiro atoms. The van der Waals surface area contributed by atoms with Crippen LogP contribution in [0, 0.1) is 5.92 Å². The van der Waals surface area contributed by atoms with Crippen molar-refractivity contribution in [2.24, 2.45) is 5.92 Å². The van der Waals surface area contributed by atoms with E-state index in [0.29, 0.717) is 38.3 Å². The predicted octanol–water partition coefficient (Wildman–Crippen LogP) is 6.95. The van der Waals surface area contributed by atoms with Gasteiger partial charge in [-0.05, 0) is 51.9 Å². The minimum Gasteiger partial charge on any atom is -0.354 e. The van der Waals surface area contributed by atoms with Crippen molar-refractivity contribution in [2.75, 3.05) is 6.54 Å². The van der Waals surface area contributed by atoms with E-state index in [1.54, 1.807) is 4.90 Å². The van der Waals surface area contributed by atoms with Gasteiger partial charge in [-0.15, -0.1) is 0 Å². The van der Waals surface area contributed by atoms with Gasteiger partial charge in [0.05, 0.1) is 0 Å². The molecule has 4 aromatic carbocycles. The molecule has 196 valence electrons. The maximum absolute atomic E-state index is 13.9. The maximum atomic E-state index is 13.9. The number of rotatable bonds is 11. The first-order valence-electron chi connectivity index (χ1n) is 13.2. The monoisotopic (exact) mass is 570 g/mol. The van der Waals surface area contributed by atoms with Crippen molar-refractivity contribution in [3.63, 3.8) is 0 Å². The topological polar surface area (TPSA) is 49.4 Å². The second kappa shape index (κ2) is 13.4. The summed E-state index contributed by atoms with van der Waals surface area (Å²) in [7, 11) is 0. The summed E-state index contributed by atoms with van der Waals surface area (Å²) in [5, 5.41) is 5.42. The van der Waals surface area contributed by atoms with E-state index < -0.39 is 6.04 Å². The third-order valence-electron chi connectivity index (χ3n) is 6.71. The Morgan fingerprint density at radius 2 is 1.50 bits per heavy atom. The zero-order valence-corrected chi connectivity index (χ0v) is 23.7. The van der Waals surface area contributed by atoms with Gasteiger partial charge in [-0.1, -0.05) is 115 Å². The van der Waals surface area contributed by atoms with Crippen LogP contribution in [0.3, 0.4) is 0 Å². The molecule has 0 aromatic heterocycles. The summed E-state index contributed by atoms with van der Waals surface area (Å²) in [4.78, 5) is 29.3. The van der Waals surface area contributed by atoms with E-state index in [1.807, 2.05) is 72.8 Å². The summed E-state index contributed by atoms with van der Waals surface area (Å²) in [5.41, 5.74) is 3.16. The Kier molecular flexibility index (Phi) is 9.72. The maximum Gasteiger partial charge on any atom is 0.243 e. The zero-order valence-electron chi connectivity index (χ0n) is 22.1. The van der Waals surface area contributed by atoms with Crippen LogP contribution < -0.4 is 5.32 Å². The predicted molar refractivity (Wildman–Crippen MR) is 159 cm³/mol. The molecule has 0 aliphatic heterocycles. The van der Waals surface area contributed by atoms with Crippen LogP contribution in [0.1, 0.15) is 37.0 Å². The van der Waals surface area contributed by atoms with Crippen LogP contribution in [0.4, 0.5) is 0 Å². The van der Waals surface area contributed by atoms with Gasteiger partial charge in [-0.2, -0.15) is 0 Å². The molecule has 1 N–H and O–H groups in total. The average molecular weight is 572 g/mol. The van der Waals surface area contributed by atoms with Crippen molar-refractivity contribution in [1.82, 2.24) is 10.2 Å². The number of amides is 2. The molecule has 0 bridgehead atoms. The molecule has 4 nitrogen and oxygen atoms in total. The fourth-order valence-corrected chi connectivity index (χ4v) is 4.92. The molecule has 2 amide bonds. The molecule has 0 fully saturated rings. The number of hydrogen-bond acceptors (Lipinski definition) is 2. The van der Waals surface area contributed by atoms with Gasteiger partial charge in [0.1, 0.15) is 6.04 Å².